The summed E-state index contributed by atoms with van der Waals surface area (Å²) < 4.78 is 3.10. The molecule has 1 unspecified atom stereocenters. The van der Waals surface area contributed by atoms with E-state index in [1.54, 1.807) is 24.6 Å². The number of fused-ring (bicyclic) bond motifs is 1. The lowest BCUT2D eigenvalue weighted by Gasteiger charge is -2.13. The number of carbonyl (C=O) groups excluding carboxylic acids is 1. The van der Waals surface area contributed by atoms with Crippen molar-refractivity contribution >= 4 is 16.7 Å². The van der Waals surface area contributed by atoms with Crippen LogP contribution in [0, 0.1) is 11.8 Å². The van der Waals surface area contributed by atoms with Gasteiger partial charge >= 0.3 is 0 Å². The van der Waals surface area contributed by atoms with Gasteiger partial charge in [0, 0.05) is 19.0 Å². The number of nitrogens with two attached hydrogens (primary N) is 1. The molecule has 0 aliphatic heterocycles. The second-order valence-corrected chi connectivity index (χ2v) is 7.49. The van der Waals surface area contributed by atoms with Gasteiger partial charge in [-0.15, -0.1) is 0 Å². The molecule has 0 radical (unpaired) electrons. The van der Waals surface area contributed by atoms with E-state index in [9.17, 15) is 9.59 Å². The largest absolute Gasteiger partial charge is 0.321 e. The molecule has 1 atom stereocenters. The summed E-state index contributed by atoms with van der Waals surface area (Å²) in [5.74, 6) is 6.50. The molecule has 2 N–H and O–H groups in total. The number of para-hydroxylation sites is 1. The zero-order valence-electron chi connectivity index (χ0n) is 18.2. The summed E-state index contributed by atoms with van der Waals surface area (Å²) >= 11 is 0. The van der Waals surface area contributed by atoms with Gasteiger partial charge in [-0.05, 0) is 31.2 Å². The van der Waals surface area contributed by atoms with Crippen LogP contribution in [0.15, 0.2) is 59.5 Å². The number of aryl methyl sites for hydroxylation is 2. The molecule has 0 fully saturated rings. The van der Waals surface area contributed by atoms with E-state index in [0.29, 0.717) is 40.0 Å². The summed E-state index contributed by atoms with van der Waals surface area (Å²) in [5, 5.41) is 4.58. The number of Topliss-reactive ketones (excluding diaryl/α,β-unsaturated/α-hetero) is 1. The number of carbonyl (C=O) groups is 1. The summed E-state index contributed by atoms with van der Waals surface area (Å²) in [6.07, 6.45) is 2.14. The third-order valence-corrected chi connectivity index (χ3v) is 5.22. The van der Waals surface area contributed by atoms with E-state index in [0.717, 1.165) is 5.69 Å². The van der Waals surface area contributed by atoms with Crippen molar-refractivity contribution in [3.05, 3.63) is 87.7 Å². The molecule has 0 amide bonds. The molecule has 0 aliphatic rings. The minimum absolute atomic E-state index is 0.180. The third-order valence-electron chi connectivity index (χ3n) is 5.22. The minimum atomic E-state index is -0.668. The molecule has 32 heavy (non-hydrogen) atoms. The van der Waals surface area contributed by atoms with Crippen molar-refractivity contribution in [3.63, 3.8) is 0 Å². The van der Waals surface area contributed by atoms with Gasteiger partial charge in [-0.1, -0.05) is 43.0 Å². The fourth-order valence-electron chi connectivity index (χ4n) is 3.63. The second-order valence-electron chi connectivity index (χ2n) is 7.49. The van der Waals surface area contributed by atoms with Gasteiger partial charge in [-0.3, -0.25) is 18.8 Å². The van der Waals surface area contributed by atoms with Gasteiger partial charge in [0.25, 0.3) is 5.56 Å². The average molecular weight is 425 g/mol. The number of hydrogen-bond donors (Lipinski definition) is 1. The first-order valence-electron chi connectivity index (χ1n) is 10.4. The van der Waals surface area contributed by atoms with Gasteiger partial charge < -0.3 is 5.73 Å². The lowest BCUT2D eigenvalue weighted by molar-refractivity contribution is 0.0958. The van der Waals surface area contributed by atoms with Crippen molar-refractivity contribution < 1.29 is 4.79 Å². The van der Waals surface area contributed by atoms with Crippen molar-refractivity contribution in [2.75, 3.05) is 0 Å². The maximum absolute atomic E-state index is 13.6. The highest BCUT2D eigenvalue weighted by Crippen LogP contribution is 2.17. The molecular formula is C25H23N5O2. The summed E-state index contributed by atoms with van der Waals surface area (Å²) in [6, 6.07) is 14.2. The summed E-state index contributed by atoms with van der Waals surface area (Å²) in [5.41, 5.74) is 8.29. The highest BCUT2D eigenvalue weighted by atomic mass is 16.1. The lowest BCUT2D eigenvalue weighted by atomic mass is 10.1. The van der Waals surface area contributed by atoms with Gasteiger partial charge in [0.15, 0.2) is 5.78 Å². The van der Waals surface area contributed by atoms with Crippen LogP contribution in [0.5, 0.6) is 0 Å². The predicted octanol–water partition coefficient (Wildman–Crippen LogP) is 2.61. The Morgan fingerprint density at radius 2 is 1.81 bits per heavy atom. The number of aromatic nitrogens is 4. The van der Waals surface area contributed by atoms with Gasteiger partial charge in [-0.25, -0.2) is 4.98 Å². The fourth-order valence-corrected chi connectivity index (χ4v) is 3.63. The first-order valence-corrected chi connectivity index (χ1v) is 10.4. The maximum Gasteiger partial charge on any atom is 0.267 e. The van der Waals surface area contributed by atoms with E-state index in [2.05, 4.69) is 16.9 Å². The van der Waals surface area contributed by atoms with Crippen LogP contribution in [0.25, 0.3) is 16.6 Å². The van der Waals surface area contributed by atoms with Crippen LogP contribution >= 0.6 is 0 Å². The molecule has 0 spiro atoms. The van der Waals surface area contributed by atoms with Gasteiger partial charge in [0.2, 0.25) is 0 Å². The van der Waals surface area contributed by atoms with E-state index < -0.39 is 6.04 Å². The van der Waals surface area contributed by atoms with Crippen LogP contribution in [-0.2, 0) is 13.5 Å². The normalized spacial score (nSPS) is 11.8. The monoisotopic (exact) mass is 425 g/mol. The van der Waals surface area contributed by atoms with Crippen LogP contribution in [0.1, 0.15) is 41.3 Å². The molecule has 0 bridgehead atoms. The first kappa shape index (κ1) is 21.2. The Kier molecular flexibility index (Phi) is 5.71. The first-order chi connectivity index (χ1) is 15.4. The zero-order valence-corrected chi connectivity index (χ0v) is 18.2. The molecule has 4 aromatic rings. The molecule has 0 saturated heterocycles. The van der Waals surface area contributed by atoms with Crippen LogP contribution in [-0.4, -0.2) is 31.2 Å². The minimum Gasteiger partial charge on any atom is -0.321 e. The Hall–Kier alpha value is -4.02. The van der Waals surface area contributed by atoms with E-state index in [1.807, 2.05) is 49.4 Å². The molecular weight excluding hydrogens is 402 g/mol. The van der Waals surface area contributed by atoms with Crippen molar-refractivity contribution in [2.24, 2.45) is 12.8 Å². The number of benzene rings is 2. The Bertz CT molecular complexity index is 1440. The highest BCUT2D eigenvalue weighted by molar-refractivity contribution is 6.00. The van der Waals surface area contributed by atoms with Gasteiger partial charge in [0.05, 0.1) is 34.4 Å². The van der Waals surface area contributed by atoms with E-state index in [1.165, 1.54) is 10.9 Å². The molecule has 4 rings (SSSR count). The van der Waals surface area contributed by atoms with Crippen molar-refractivity contribution in [1.82, 2.24) is 19.3 Å². The average Bonchev–Trinajstić information content (AvgIpc) is 3.17. The smallest absolute Gasteiger partial charge is 0.267 e. The SMILES string of the molecule is CCc1nc2cccc(C#Cc3cnn(C)c3C(=O)C(C)N)c2c(=O)n1-c1ccccc1. The Morgan fingerprint density at radius 1 is 1.09 bits per heavy atom. The van der Waals surface area contributed by atoms with Crippen molar-refractivity contribution in [1.29, 1.82) is 0 Å². The predicted molar refractivity (Wildman–Crippen MR) is 124 cm³/mol. The summed E-state index contributed by atoms with van der Waals surface area (Å²) in [6.45, 7) is 3.59. The van der Waals surface area contributed by atoms with E-state index in [4.69, 9.17) is 10.7 Å². The maximum atomic E-state index is 13.6. The van der Waals surface area contributed by atoms with Crippen LogP contribution < -0.4 is 11.3 Å². The number of nitrogens with zero attached hydrogens (tertiary/aromatic N) is 4. The van der Waals surface area contributed by atoms with Crippen LogP contribution in [0.2, 0.25) is 0 Å². The molecule has 7 nitrogen and oxygen atoms in total. The molecule has 0 aliphatic carbocycles. The standard InChI is InChI=1S/C25H23N5O2/c1-4-21-28-20-12-8-9-17(22(20)25(32)30(21)19-10-6-5-7-11-19)13-14-18-15-27-29(3)23(18)24(31)16(2)26/h5-12,15-16H,4,26H2,1-3H3. The fraction of sp³-hybridized carbons (Fsp3) is 0.200. The highest BCUT2D eigenvalue weighted by Gasteiger charge is 2.19. The topological polar surface area (TPSA) is 95.8 Å². The third kappa shape index (κ3) is 3.72. The van der Waals surface area contributed by atoms with Crippen LogP contribution in [0.3, 0.4) is 0 Å². The lowest BCUT2D eigenvalue weighted by Crippen LogP contribution is -2.29. The number of hydrogen-bond acceptors (Lipinski definition) is 5. The quantitative estimate of drug-likeness (QED) is 0.401. The molecule has 2 aromatic heterocycles. The molecule has 2 heterocycles. The second kappa shape index (κ2) is 8.61. The molecule has 0 saturated carbocycles. The van der Waals surface area contributed by atoms with Gasteiger partial charge in [0.1, 0.15) is 11.5 Å². The Balaban J connectivity index is 1.93. The van der Waals surface area contributed by atoms with E-state index in [-0.39, 0.29) is 11.3 Å². The number of rotatable bonds is 4. The Labute approximate surface area is 185 Å². The van der Waals surface area contributed by atoms with E-state index >= 15 is 0 Å². The van der Waals surface area contributed by atoms with Crippen molar-refractivity contribution in [3.8, 4) is 17.5 Å². The van der Waals surface area contributed by atoms with Crippen molar-refractivity contribution in [2.45, 2.75) is 26.3 Å². The Morgan fingerprint density at radius 3 is 2.50 bits per heavy atom. The number of ketones is 1. The molecule has 160 valence electrons. The summed E-state index contributed by atoms with van der Waals surface area (Å²) in [7, 11) is 1.67. The molecule has 7 heteroatoms. The zero-order chi connectivity index (χ0) is 22.8. The molecule has 2 aromatic carbocycles. The summed E-state index contributed by atoms with van der Waals surface area (Å²) in [4.78, 5) is 30.8. The van der Waals surface area contributed by atoms with Crippen LogP contribution in [0.4, 0.5) is 0 Å². The van der Waals surface area contributed by atoms with Gasteiger partial charge in [-0.2, -0.15) is 5.10 Å².